The van der Waals surface area contributed by atoms with E-state index in [0.717, 1.165) is 20.4 Å². The Hall–Kier alpha value is -3.10. The molecule has 0 saturated carbocycles. The number of H-pyrrole nitrogens is 1. The Morgan fingerprint density at radius 3 is 2.54 bits per heavy atom. The van der Waals surface area contributed by atoms with Gasteiger partial charge in [0.2, 0.25) is 0 Å². The number of rotatable bonds is 6. The first-order valence-corrected chi connectivity index (χ1v) is 10.2. The smallest absolute Gasteiger partial charge is 0.321 e. The van der Waals surface area contributed by atoms with Gasteiger partial charge in [0.05, 0.1) is 28.8 Å². The highest BCUT2D eigenvalue weighted by Crippen LogP contribution is 2.33. The predicted molar refractivity (Wildman–Crippen MR) is 113 cm³/mol. The predicted octanol–water partition coefficient (Wildman–Crippen LogP) is 5.01. The van der Waals surface area contributed by atoms with Crippen LogP contribution < -0.4 is 10.6 Å². The molecule has 0 aliphatic heterocycles. The van der Waals surface area contributed by atoms with E-state index in [0.29, 0.717) is 17.5 Å². The summed E-state index contributed by atoms with van der Waals surface area (Å²) in [5.74, 6) is 0.688. The van der Waals surface area contributed by atoms with Gasteiger partial charge in [-0.2, -0.15) is 0 Å². The fourth-order valence-electron chi connectivity index (χ4n) is 2.49. The number of benzene rings is 2. The van der Waals surface area contributed by atoms with Crippen LogP contribution in [0.4, 0.5) is 9.93 Å². The van der Waals surface area contributed by atoms with Gasteiger partial charge in [-0.1, -0.05) is 71.6 Å². The second-order valence-corrected chi connectivity index (χ2v) is 8.22. The molecule has 2 aromatic heterocycles. The van der Waals surface area contributed by atoms with E-state index in [1.165, 1.54) is 11.3 Å². The summed E-state index contributed by atoms with van der Waals surface area (Å²) in [6, 6.07) is 19.7. The Bertz CT molecular complexity index is 1050. The Balaban J connectivity index is 1.29. The number of carbonyl (C=O) groups excluding carboxylic acids is 1. The zero-order valence-corrected chi connectivity index (χ0v) is 16.4. The Kier molecular flexibility index (Phi) is 5.69. The van der Waals surface area contributed by atoms with E-state index < -0.39 is 0 Å². The quantitative estimate of drug-likeness (QED) is 0.420. The number of hydrogen-bond donors (Lipinski definition) is 3. The highest BCUT2D eigenvalue weighted by Gasteiger charge is 2.09. The standard InChI is InChI=1S/C20H17N5OS2/c26-19(22-12-17-21-11-16(24-17)14-7-3-1-4-8-14)25-20-23-13-18(28-20)27-15-9-5-2-6-10-15/h1-11,13H,12H2,(H,21,24)(H2,22,23,25,26). The molecule has 0 atom stereocenters. The number of urea groups is 1. The highest BCUT2D eigenvalue weighted by atomic mass is 32.2. The normalized spacial score (nSPS) is 10.6. The van der Waals surface area contributed by atoms with E-state index in [-0.39, 0.29) is 6.03 Å². The average Bonchev–Trinajstić information content (AvgIpc) is 3.38. The molecule has 0 unspecified atom stereocenters. The fourth-order valence-corrected chi connectivity index (χ4v) is 4.36. The number of thiazole rings is 1. The van der Waals surface area contributed by atoms with Crippen LogP contribution in [0.1, 0.15) is 5.82 Å². The summed E-state index contributed by atoms with van der Waals surface area (Å²) in [4.78, 5) is 25.0. The molecular formula is C20H17N5OS2. The molecule has 140 valence electrons. The zero-order valence-electron chi connectivity index (χ0n) is 14.8. The summed E-state index contributed by atoms with van der Waals surface area (Å²) in [5.41, 5.74) is 1.97. The number of amides is 2. The lowest BCUT2D eigenvalue weighted by Gasteiger charge is -2.03. The van der Waals surface area contributed by atoms with Crippen molar-refractivity contribution in [3.8, 4) is 11.3 Å². The summed E-state index contributed by atoms with van der Waals surface area (Å²) < 4.78 is 1.01. The number of hydrogen-bond acceptors (Lipinski definition) is 5. The number of carbonyl (C=O) groups is 1. The molecule has 3 N–H and O–H groups in total. The van der Waals surface area contributed by atoms with Crippen molar-refractivity contribution in [3.05, 3.63) is 78.9 Å². The minimum absolute atomic E-state index is 0.301. The summed E-state index contributed by atoms with van der Waals surface area (Å²) in [6.45, 7) is 0.301. The topological polar surface area (TPSA) is 82.7 Å². The summed E-state index contributed by atoms with van der Waals surface area (Å²) in [5, 5.41) is 6.10. The number of aromatic amines is 1. The monoisotopic (exact) mass is 407 g/mol. The zero-order chi connectivity index (χ0) is 19.2. The molecule has 2 heterocycles. The van der Waals surface area contributed by atoms with Crippen molar-refractivity contribution in [2.75, 3.05) is 5.32 Å². The second kappa shape index (κ2) is 8.73. The van der Waals surface area contributed by atoms with Crippen molar-refractivity contribution < 1.29 is 4.79 Å². The van der Waals surface area contributed by atoms with Crippen LogP contribution in [0.5, 0.6) is 0 Å². The molecule has 0 fully saturated rings. The van der Waals surface area contributed by atoms with Crippen molar-refractivity contribution >= 4 is 34.3 Å². The lowest BCUT2D eigenvalue weighted by molar-refractivity contribution is 0.251. The van der Waals surface area contributed by atoms with Gasteiger partial charge < -0.3 is 10.3 Å². The van der Waals surface area contributed by atoms with Crippen LogP contribution in [-0.4, -0.2) is 21.0 Å². The van der Waals surface area contributed by atoms with Crippen LogP contribution in [0.3, 0.4) is 0 Å². The van der Waals surface area contributed by atoms with Gasteiger partial charge in [0, 0.05) is 4.90 Å². The lowest BCUT2D eigenvalue weighted by atomic mass is 10.2. The second-order valence-electron chi connectivity index (χ2n) is 5.82. The molecule has 6 nitrogen and oxygen atoms in total. The summed E-state index contributed by atoms with van der Waals surface area (Å²) in [7, 11) is 0. The summed E-state index contributed by atoms with van der Waals surface area (Å²) in [6.07, 6.45) is 3.52. The molecule has 28 heavy (non-hydrogen) atoms. The molecule has 2 aromatic carbocycles. The van der Waals surface area contributed by atoms with E-state index in [9.17, 15) is 4.79 Å². The maximum Gasteiger partial charge on any atom is 0.321 e. The van der Waals surface area contributed by atoms with Gasteiger partial charge >= 0.3 is 6.03 Å². The van der Waals surface area contributed by atoms with Crippen molar-refractivity contribution in [1.82, 2.24) is 20.3 Å². The van der Waals surface area contributed by atoms with Crippen LogP contribution in [0.15, 0.2) is 82.2 Å². The van der Waals surface area contributed by atoms with Crippen LogP contribution in [0.2, 0.25) is 0 Å². The van der Waals surface area contributed by atoms with Gasteiger partial charge in [-0.3, -0.25) is 5.32 Å². The molecule has 4 rings (SSSR count). The molecule has 0 bridgehead atoms. The molecule has 0 radical (unpaired) electrons. The number of nitrogens with zero attached hydrogens (tertiary/aromatic N) is 2. The fraction of sp³-hybridized carbons (Fsp3) is 0.0500. The molecule has 0 aliphatic carbocycles. The molecule has 0 saturated heterocycles. The molecular weight excluding hydrogens is 390 g/mol. The van der Waals surface area contributed by atoms with Crippen LogP contribution >= 0.6 is 23.1 Å². The number of aromatic nitrogens is 3. The van der Waals surface area contributed by atoms with E-state index in [4.69, 9.17) is 0 Å². The van der Waals surface area contributed by atoms with E-state index in [2.05, 4.69) is 25.6 Å². The van der Waals surface area contributed by atoms with Crippen molar-refractivity contribution in [1.29, 1.82) is 0 Å². The van der Waals surface area contributed by atoms with Crippen LogP contribution in [0, 0.1) is 0 Å². The van der Waals surface area contributed by atoms with Gasteiger partial charge in [0.25, 0.3) is 0 Å². The minimum Gasteiger partial charge on any atom is -0.341 e. The molecule has 0 aliphatic rings. The van der Waals surface area contributed by atoms with E-state index in [1.54, 1.807) is 24.2 Å². The third kappa shape index (κ3) is 4.79. The Labute approximate surface area is 170 Å². The number of anilines is 1. The third-order valence-electron chi connectivity index (χ3n) is 3.80. The van der Waals surface area contributed by atoms with Gasteiger partial charge in [-0.05, 0) is 17.7 Å². The number of nitrogens with one attached hydrogen (secondary N) is 3. The highest BCUT2D eigenvalue weighted by molar-refractivity contribution is 8.01. The summed E-state index contributed by atoms with van der Waals surface area (Å²) >= 11 is 3.05. The minimum atomic E-state index is -0.316. The van der Waals surface area contributed by atoms with Gasteiger partial charge in [0.1, 0.15) is 5.82 Å². The molecule has 8 heteroatoms. The maximum absolute atomic E-state index is 12.1. The molecule has 4 aromatic rings. The van der Waals surface area contributed by atoms with Crippen molar-refractivity contribution in [2.45, 2.75) is 15.6 Å². The van der Waals surface area contributed by atoms with E-state index in [1.807, 2.05) is 60.7 Å². The van der Waals surface area contributed by atoms with Crippen LogP contribution in [0.25, 0.3) is 11.3 Å². The lowest BCUT2D eigenvalue weighted by Crippen LogP contribution is -2.28. The van der Waals surface area contributed by atoms with E-state index >= 15 is 0 Å². The SMILES string of the molecule is O=C(NCc1ncc(-c2ccccc2)[nH]1)Nc1ncc(Sc2ccccc2)s1. The average molecular weight is 408 g/mol. The first kappa shape index (κ1) is 18.3. The maximum atomic E-state index is 12.1. The van der Waals surface area contributed by atoms with Gasteiger partial charge in [-0.15, -0.1) is 0 Å². The third-order valence-corrected chi connectivity index (χ3v) is 5.82. The van der Waals surface area contributed by atoms with Crippen molar-refractivity contribution in [2.24, 2.45) is 0 Å². The number of imidazole rings is 1. The largest absolute Gasteiger partial charge is 0.341 e. The Morgan fingerprint density at radius 1 is 1.00 bits per heavy atom. The van der Waals surface area contributed by atoms with Crippen LogP contribution in [-0.2, 0) is 6.54 Å². The Morgan fingerprint density at radius 2 is 1.75 bits per heavy atom. The first-order chi connectivity index (χ1) is 13.8. The van der Waals surface area contributed by atoms with Gasteiger partial charge in [0.15, 0.2) is 5.13 Å². The van der Waals surface area contributed by atoms with Crippen molar-refractivity contribution in [3.63, 3.8) is 0 Å². The van der Waals surface area contributed by atoms with Gasteiger partial charge in [-0.25, -0.2) is 14.8 Å². The molecule has 2 amide bonds. The molecule has 0 spiro atoms. The first-order valence-electron chi connectivity index (χ1n) is 8.59.